The lowest BCUT2D eigenvalue weighted by Crippen LogP contribution is -2.28. The van der Waals surface area contributed by atoms with E-state index in [1.807, 2.05) is 0 Å². The van der Waals surface area contributed by atoms with Crippen molar-refractivity contribution in [3.05, 3.63) is 234 Å². The van der Waals surface area contributed by atoms with E-state index in [0.29, 0.717) is 0 Å². The first kappa shape index (κ1) is 32.8. The maximum absolute atomic E-state index is 2.58. The van der Waals surface area contributed by atoms with Crippen LogP contribution in [0.5, 0.6) is 0 Å². The summed E-state index contributed by atoms with van der Waals surface area (Å²) in [6.07, 6.45) is 0. The Kier molecular flexibility index (Phi) is 6.50. The van der Waals surface area contributed by atoms with Crippen molar-refractivity contribution in [3.63, 3.8) is 0 Å². The van der Waals surface area contributed by atoms with Crippen molar-refractivity contribution in [2.45, 2.75) is 24.7 Å². The summed E-state index contributed by atoms with van der Waals surface area (Å²) in [5.41, 5.74) is 18.9. The average Bonchev–Trinajstić information content (AvgIpc) is 3.85. The number of anilines is 3. The van der Waals surface area contributed by atoms with Gasteiger partial charge in [0.15, 0.2) is 0 Å². The molecule has 59 heavy (non-hydrogen) atoms. The van der Waals surface area contributed by atoms with Gasteiger partial charge in [-0.15, -0.1) is 0 Å². The van der Waals surface area contributed by atoms with Gasteiger partial charge in [-0.2, -0.15) is 0 Å². The smallest absolute Gasteiger partial charge is 0.0746 e. The van der Waals surface area contributed by atoms with Gasteiger partial charge < -0.3 is 4.90 Å². The summed E-state index contributed by atoms with van der Waals surface area (Å²) in [6, 6.07) is 75.6. The summed E-state index contributed by atoms with van der Waals surface area (Å²) in [6.45, 7) is 4.77. The van der Waals surface area contributed by atoms with Gasteiger partial charge in [-0.3, -0.25) is 0 Å². The van der Waals surface area contributed by atoms with Gasteiger partial charge in [0.05, 0.1) is 11.1 Å². The van der Waals surface area contributed by atoms with E-state index in [2.05, 4.69) is 219 Å². The summed E-state index contributed by atoms with van der Waals surface area (Å²) in [7, 11) is 0. The molecule has 0 atom stereocenters. The molecule has 0 heterocycles. The zero-order valence-electron chi connectivity index (χ0n) is 33.0. The zero-order chi connectivity index (χ0) is 39.0. The van der Waals surface area contributed by atoms with Crippen molar-refractivity contribution in [2.24, 2.45) is 0 Å². The number of rotatable bonds is 3. The van der Waals surface area contributed by atoms with E-state index in [4.69, 9.17) is 0 Å². The van der Waals surface area contributed by atoms with Gasteiger partial charge in [-0.25, -0.2) is 0 Å². The van der Waals surface area contributed by atoms with Crippen LogP contribution in [0.4, 0.5) is 17.1 Å². The highest BCUT2D eigenvalue weighted by Crippen LogP contribution is 2.65. The highest BCUT2D eigenvalue weighted by Gasteiger charge is 2.53. The maximum Gasteiger partial charge on any atom is 0.0746 e. The van der Waals surface area contributed by atoms with Crippen LogP contribution in [0.2, 0.25) is 0 Å². The molecule has 3 aliphatic carbocycles. The molecule has 0 fully saturated rings. The topological polar surface area (TPSA) is 3.24 Å². The van der Waals surface area contributed by atoms with Crippen molar-refractivity contribution >= 4 is 49.4 Å². The summed E-state index contributed by atoms with van der Waals surface area (Å²) in [4.78, 5) is 2.58. The van der Waals surface area contributed by atoms with Crippen LogP contribution in [0.15, 0.2) is 200 Å². The standard InChI is InChI=1S/C58H39N/c1-57(2)50-25-11-7-20-43(50)47-33-31-37(35-54(47)57)59(36-30-32-42-40-18-4-3-16-38(40)39-17-5-6-19-41(39)49(42)34-36)55-29-15-24-48-46-23-10-14-28-53(46)58(56(48)55)51-26-12-8-21-44(51)45-22-9-13-27-52(45)58/h3-35H,1-2H3. The van der Waals surface area contributed by atoms with Crippen molar-refractivity contribution < 1.29 is 0 Å². The molecule has 0 radical (unpaired) electrons. The maximum atomic E-state index is 2.58. The van der Waals surface area contributed by atoms with Crippen molar-refractivity contribution in [1.29, 1.82) is 0 Å². The Morgan fingerprint density at radius 1 is 0.305 bits per heavy atom. The van der Waals surface area contributed by atoms with Crippen LogP contribution >= 0.6 is 0 Å². The molecule has 1 spiro atoms. The predicted molar refractivity (Wildman–Crippen MR) is 248 cm³/mol. The Labute approximate surface area is 344 Å². The van der Waals surface area contributed by atoms with Gasteiger partial charge in [0.1, 0.15) is 0 Å². The molecule has 0 amide bonds. The molecule has 10 aromatic carbocycles. The third-order valence-corrected chi connectivity index (χ3v) is 14.0. The fourth-order valence-electron chi connectivity index (χ4n) is 11.6. The van der Waals surface area contributed by atoms with E-state index in [-0.39, 0.29) is 5.41 Å². The summed E-state index contributed by atoms with van der Waals surface area (Å²) in [5, 5.41) is 7.66. The van der Waals surface area contributed by atoms with Crippen LogP contribution in [0.25, 0.3) is 65.7 Å². The van der Waals surface area contributed by atoms with E-state index in [1.165, 1.54) is 105 Å². The van der Waals surface area contributed by atoms with E-state index in [0.717, 1.165) is 11.4 Å². The largest absolute Gasteiger partial charge is 0.310 e. The van der Waals surface area contributed by atoms with Gasteiger partial charge in [0, 0.05) is 22.4 Å². The summed E-state index contributed by atoms with van der Waals surface area (Å²) < 4.78 is 0. The minimum Gasteiger partial charge on any atom is -0.310 e. The van der Waals surface area contributed by atoms with Gasteiger partial charge in [-0.05, 0) is 124 Å². The van der Waals surface area contributed by atoms with Crippen molar-refractivity contribution in [3.8, 4) is 33.4 Å². The Bertz CT molecular complexity index is 3340. The second kappa shape index (κ2) is 11.7. The van der Waals surface area contributed by atoms with Crippen LogP contribution < -0.4 is 4.90 Å². The van der Waals surface area contributed by atoms with Crippen LogP contribution in [-0.4, -0.2) is 0 Å². The zero-order valence-corrected chi connectivity index (χ0v) is 33.0. The van der Waals surface area contributed by atoms with E-state index >= 15 is 0 Å². The Balaban J connectivity index is 1.15. The van der Waals surface area contributed by atoms with Crippen LogP contribution in [-0.2, 0) is 10.8 Å². The first-order valence-electron chi connectivity index (χ1n) is 20.9. The molecular weight excluding hydrogens is 711 g/mol. The third kappa shape index (κ3) is 4.14. The van der Waals surface area contributed by atoms with E-state index in [9.17, 15) is 0 Å². The molecule has 0 unspecified atom stereocenters. The van der Waals surface area contributed by atoms with Gasteiger partial charge in [-0.1, -0.05) is 184 Å². The van der Waals surface area contributed by atoms with Crippen LogP contribution in [0, 0.1) is 0 Å². The normalized spacial score (nSPS) is 14.5. The first-order valence-corrected chi connectivity index (χ1v) is 20.9. The average molecular weight is 750 g/mol. The van der Waals surface area contributed by atoms with E-state index < -0.39 is 5.41 Å². The monoisotopic (exact) mass is 749 g/mol. The fourth-order valence-corrected chi connectivity index (χ4v) is 11.6. The molecule has 13 rings (SSSR count). The summed E-state index contributed by atoms with van der Waals surface area (Å²) >= 11 is 0. The van der Waals surface area contributed by atoms with Gasteiger partial charge >= 0.3 is 0 Å². The highest BCUT2D eigenvalue weighted by molar-refractivity contribution is 6.26. The number of fused-ring (bicyclic) bond motifs is 19. The Morgan fingerprint density at radius 3 is 1.31 bits per heavy atom. The number of hydrogen-bond acceptors (Lipinski definition) is 1. The van der Waals surface area contributed by atoms with Crippen LogP contribution in [0.3, 0.4) is 0 Å². The molecule has 10 aromatic rings. The van der Waals surface area contributed by atoms with Crippen molar-refractivity contribution in [1.82, 2.24) is 0 Å². The molecule has 0 saturated carbocycles. The van der Waals surface area contributed by atoms with E-state index in [1.54, 1.807) is 0 Å². The predicted octanol–water partition coefficient (Wildman–Crippen LogP) is 15.3. The molecule has 0 saturated heterocycles. The lowest BCUT2D eigenvalue weighted by atomic mass is 9.70. The SMILES string of the molecule is CC1(C)c2ccccc2-c2ccc(N(c3ccc4c5ccccc5c5ccccc5c4c3)c3cccc4c3C3(c5ccccc5-c5ccccc53)c3ccccc3-4)cc21. The molecule has 1 nitrogen and oxygen atoms in total. The molecular formula is C58H39N. The fraction of sp³-hybridized carbons (Fsp3) is 0.0690. The van der Waals surface area contributed by atoms with Gasteiger partial charge in [0.25, 0.3) is 0 Å². The minimum absolute atomic E-state index is 0.147. The summed E-state index contributed by atoms with van der Waals surface area (Å²) in [5.74, 6) is 0. The molecule has 0 N–H and O–H groups in total. The van der Waals surface area contributed by atoms with Crippen molar-refractivity contribution in [2.75, 3.05) is 4.90 Å². The highest BCUT2D eigenvalue weighted by atomic mass is 15.1. The van der Waals surface area contributed by atoms with Crippen LogP contribution in [0.1, 0.15) is 47.2 Å². The lowest BCUT2D eigenvalue weighted by Gasteiger charge is -2.36. The second-order valence-electron chi connectivity index (χ2n) is 17.1. The number of hydrogen-bond donors (Lipinski definition) is 0. The first-order chi connectivity index (χ1) is 29.0. The third-order valence-electron chi connectivity index (χ3n) is 14.0. The quantitative estimate of drug-likeness (QED) is 0.163. The lowest BCUT2D eigenvalue weighted by molar-refractivity contribution is 0.660. The van der Waals surface area contributed by atoms with Gasteiger partial charge in [0.2, 0.25) is 0 Å². The molecule has 1 heteroatoms. The number of benzene rings is 10. The Hall–Kier alpha value is -7.22. The molecule has 0 aliphatic heterocycles. The molecule has 0 bridgehead atoms. The molecule has 276 valence electrons. The second-order valence-corrected chi connectivity index (χ2v) is 17.1. The molecule has 0 aromatic heterocycles. The molecule has 3 aliphatic rings. The number of nitrogens with zero attached hydrogens (tertiary/aromatic N) is 1. The minimum atomic E-state index is -0.500. The Morgan fingerprint density at radius 2 is 0.712 bits per heavy atom.